The molecule has 2 heterocycles. The Hall–Kier alpha value is -0.120. The Balaban J connectivity index is 1.62. The van der Waals surface area contributed by atoms with E-state index in [1.807, 2.05) is 0 Å². The molecule has 2 aliphatic rings. The summed E-state index contributed by atoms with van der Waals surface area (Å²) in [6.07, 6.45) is 9.88. The van der Waals surface area contributed by atoms with Crippen LogP contribution in [0.3, 0.4) is 0 Å². The summed E-state index contributed by atoms with van der Waals surface area (Å²) < 4.78 is 5.81. The molecule has 2 saturated heterocycles. The summed E-state index contributed by atoms with van der Waals surface area (Å²) in [4.78, 5) is 5.02. The van der Waals surface area contributed by atoms with Crippen LogP contribution in [-0.4, -0.2) is 62.3 Å². The van der Waals surface area contributed by atoms with E-state index < -0.39 is 0 Å². The van der Waals surface area contributed by atoms with Crippen LogP contribution in [0.1, 0.15) is 44.9 Å². The number of hydrogen-bond acceptors (Lipinski definition) is 3. The zero-order valence-electron chi connectivity index (χ0n) is 12.2. The Bertz CT molecular complexity index is 229. The van der Waals surface area contributed by atoms with Crippen LogP contribution in [0.5, 0.6) is 0 Å². The second-order valence-electron chi connectivity index (χ2n) is 6.17. The average Bonchev–Trinajstić information content (AvgIpc) is 2.39. The van der Waals surface area contributed by atoms with E-state index in [2.05, 4.69) is 23.9 Å². The van der Waals surface area contributed by atoms with Gasteiger partial charge in [-0.05, 0) is 65.7 Å². The maximum Gasteiger partial charge on any atom is 0.0701 e. The van der Waals surface area contributed by atoms with Gasteiger partial charge in [0.2, 0.25) is 0 Å². The maximum absolute atomic E-state index is 5.81. The van der Waals surface area contributed by atoms with E-state index in [0.717, 1.165) is 19.2 Å². The van der Waals surface area contributed by atoms with E-state index >= 15 is 0 Å². The van der Waals surface area contributed by atoms with Crippen LogP contribution in [0.4, 0.5) is 0 Å². The molecule has 106 valence electrons. The lowest BCUT2D eigenvalue weighted by molar-refractivity contribution is -0.00271. The van der Waals surface area contributed by atoms with Gasteiger partial charge < -0.3 is 14.5 Å². The van der Waals surface area contributed by atoms with Gasteiger partial charge in [0, 0.05) is 19.2 Å². The molecule has 0 saturated carbocycles. The van der Waals surface area contributed by atoms with E-state index in [1.54, 1.807) is 0 Å². The predicted molar refractivity (Wildman–Crippen MR) is 76.0 cm³/mol. The first-order valence-electron chi connectivity index (χ1n) is 7.76. The highest BCUT2D eigenvalue weighted by Crippen LogP contribution is 2.18. The topological polar surface area (TPSA) is 15.7 Å². The Morgan fingerprint density at radius 2 is 2.00 bits per heavy atom. The van der Waals surface area contributed by atoms with Gasteiger partial charge in [0.25, 0.3) is 0 Å². The average molecular weight is 254 g/mol. The molecular weight excluding hydrogens is 224 g/mol. The number of rotatable bonds is 5. The highest BCUT2D eigenvalue weighted by molar-refractivity contribution is 4.76. The molecule has 3 heteroatoms. The number of likely N-dealkylation sites (N-methyl/N-ethyl adjacent to an activating group) is 1. The Morgan fingerprint density at radius 3 is 2.72 bits per heavy atom. The van der Waals surface area contributed by atoms with Crippen LogP contribution in [0.15, 0.2) is 0 Å². The van der Waals surface area contributed by atoms with Crippen molar-refractivity contribution in [1.82, 2.24) is 9.80 Å². The zero-order valence-corrected chi connectivity index (χ0v) is 12.2. The van der Waals surface area contributed by atoms with Crippen molar-refractivity contribution in [3.8, 4) is 0 Å². The number of nitrogens with zero attached hydrogens (tertiary/aromatic N) is 2. The van der Waals surface area contributed by atoms with Crippen LogP contribution in [0, 0.1) is 0 Å². The normalized spacial score (nSPS) is 30.8. The van der Waals surface area contributed by atoms with Gasteiger partial charge in [0.1, 0.15) is 0 Å². The predicted octanol–water partition coefficient (Wildman–Crippen LogP) is 2.36. The first kappa shape index (κ1) is 14.3. The minimum absolute atomic E-state index is 0.493. The molecule has 0 aromatic heterocycles. The van der Waals surface area contributed by atoms with Crippen molar-refractivity contribution in [2.45, 2.75) is 57.1 Å². The lowest BCUT2D eigenvalue weighted by Crippen LogP contribution is -2.40. The van der Waals surface area contributed by atoms with Gasteiger partial charge in [0.05, 0.1) is 6.10 Å². The smallest absolute Gasteiger partial charge is 0.0701 e. The van der Waals surface area contributed by atoms with E-state index in [1.165, 1.54) is 58.0 Å². The summed E-state index contributed by atoms with van der Waals surface area (Å²) in [5, 5.41) is 0. The summed E-state index contributed by atoms with van der Waals surface area (Å²) in [5.74, 6) is 0. The van der Waals surface area contributed by atoms with E-state index in [4.69, 9.17) is 4.74 Å². The molecule has 2 fully saturated rings. The molecule has 0 radical (unpaired) electrons. The third kappa shape index (κ3) is 4.52. The van der Waals surface area contributed by atoms with Gasteiger partial charge in [0.15, 0.2) is 0 Å². The highest BCUT2D eigenvalue weighted by atomic mass is 16.5. The minimum atomic E-state index is 0.493. The zero-order chi connectivity index (χ0) is 12.8. The number of piperidine rings is 1. The first-order valence-corrected chi connectivity index (χ1v) is 7.76. The van der Waals surface area contributed by atoms with Crippen LogP contribution in [-0.2, 0) is 4.74 Å². The van der Waals surface area contributed by atoms with Crippen molar-refractivity contribution >= 4 is 0 Å². The number of hydrogen-bond donors (Lipinski definition) is 0. The van der Waals surface area contributed by atoms with Gasteiger partial charge in [-0.1, -0.05) is 6.42 Å². The molecule has 18 heavy (non-hydrogen) atoms. The fourth-order valence-electron chi connectivity index (χ4n) is 3.27. The molecular formula is C15H30N2O. The number of ether oxygens (including phenoxy) is 1. The highest BCUT2D eigenvalue weighted by Gasteiger charge is 2.20. The maximum atomic E-state index is 5.81. The van der Waals surface area contributed by atoms with Crippen LogP contribution in [0.25, 0.3) is 0 Å². The molecule has 3 nitrogen and oxygen atoms in total. The second kappa shape index (κ2) is 7.46. The quantitative estimate of drug-likeness (QED) is 0.749. The molecule has 2 atom stereocenters. The van der Waals surface area contributed by atoms with Crippen LogP contribution < -0.4 is 0 Å². The largest absolute Gasteiger partial charge is 0.377 e. The summed E-state index contributed by atoms with van der Waals surface area (Å²) in [7, 11) is 4.54. The molecule has 0 bridgehead atoms. The molecule has 0 N–H and O–H groups in total. The Morgan fingerprint density at radius 1 is 1.17 bits per heavy atom. The van der Waals surface area contributed by atoms with Crippen LogP contribution in [0.2, 0.25) is 0 Å². The summed E-state index contributed by atoms with van der Waals surface area (Å²) in [5.41, 5.74) is 0. The molecule has 2 rings (SSSR count). The standard InChI is InChI=1S/C15H30N2O/c1-16(13-15-8-4-6-12-18-15)11-9-14-7-3-5-10-17(14)2/h14-15H,3-13H2,1-2H3/t14-,15+/m0/s1. The summed E-state index contributed by atoms with van der Waals surface area (Å²) in [6, 6.07) is 0.813. The van der Waals surface area contributed by atoms with E-state index in [9.17, 15) is 0 Å². The van der Waals surface area contributed by atoms with Gasteiger partial charge in [-0.3, -0.25) is 0 Å². The lowest BCUT2D eigenvalue weighted by Gasteiger charge is -2.34. The van der Waals surface area contributed by atoms with Crippen molar-refractivity contribution in [2.75, 3.05) is 40.3 Å². The monoisotopic (exact) mass is 254 g/mol. The third-order valence-electron chi connectivity index (χ3n) is 4.55. The first-order chi connectivity index (χ1) is 8.75. The molecule has 2 aliphatic heterocycles. The molecule has 0 aliphatic carbocycles. The molecule has 0 unspecified atom stereocenters. The van der Waals surface area contributed by atoms with Crippen molar-refractivity contribution in [1.29, 1.82) is 0 Å². The minimum Gasteiger partial charge on any atom is -0.377 e. The summed E-state index contributed by atoms with van der Waals surface area (Å²) in [6.45, 7) is 4.61. The third-order valence-corrected chi connectivity index (χ3v) is 4.55. The molecule has 0 amide bonds. The molecule has 0 aromatic rings. The van der Waals surface area contributed by atoms with Crippen molar-refractivity contribution in [2.24, 2.45) is 0 Å². The van der Waals surface area contributed by atoms with Gasteiger partial charge in [-0.25, -0.2) is 0 Å². The van der Waals surface area contributed by atoms with Crippen molar-refractivity contribution in [3.63, 3.8) is 0 Å². The van der Waals surface area contributed by atoms with E-state index in [0.29, 0.717) is 6.10 Å². The number of likely N-dealkylation sites (tertiary alicyclic amines) is 1. The van der Waals surface area contributed by atoms with Crippen molar-refractivity contribution in [3.05, 3.63) is 0 Å². The second-order valence-corrected chi connectivity index (χ2v) is 6.17. The van der Waals surface area contributed by atoms with Crippen molar-refractivity contribution < 1.29 is 4.74 Å². The van der Waals surface area contributed by atoms with Gasteiger partial charge in [-0.15, -0.1) is 0 Å². The Labute approximate surface area is 112 Å². The van der Waals surface area contributed by atoms with Gasteiger partial charge >= 0.3 is 0 Å². The fourth-order valence-corrected chi connectivity index (χ4v) is 3.27. The Kier molecular flexibility index (Phi) is 5.93. The summed E-state index contributed by atoms with van der Waals surface area (Å²) >= 11 is 0. The SMILES string of the molecule is CN(CC[C@@H]1CCCCN1C)C[C@H]1CCCCO1. The van der Waals surface area contributed by atoms with Crippen LogP contribution >= 0.6 is 0 Å². The van der Waals surface area contributed by atoms with Gasteiger partial charge in [-0.2, -0.15) is 0 Å². The molecule has 0 aromatic carbocycles. The fraction of sp³-hybridized carbons (Fsp3) is 1.00. The van der Waals surface area contributed by atoms with E-state index in [-0.39, 0.29) is 0 Å². The molecule has 0 spiro atoms. The lowest BCUT2D eigenvalue weighted by atomic mass is 10.00.